The van der Waals surface area contributed by atoms with Crippen LogP contribution in [0.4, 0.5) is 8.68 Å². The number of nitrogens with zero attached hydrogens (tertiary/aromatic N) is 5. The number of likely N-dealkylation sites (N-methyl/N-ethyl adjacent to an activating group) is 1. The highest BCUT2D eigenvalue weighted by Crippen LogP contribution is 2.42. The summed E-state index contributed by atoms with van der Waals surface area (Å²) in [6, 6.07) is 6.38. The maximum Gasteiger partial charge on any atom is 0.425 e. The molecule has 13 atom stereocenters. The summed E-state index contributed by atoms with van der Waals surface area (Å²) in [4.78, 5) is 60.1. The third-order valence-corrected chi connectivity index (χ3v) is 12.2. The van der Waals surface area contributed by atoms with Gasteiger partial charge in [0.15, 0.2) is 17.7 Å². The van der Waals surface area contributed by atoms with Crippen LogP contribution in [0.25, 0.3) is 11.0 Å². The smallest absolute Gasteiger partial charge is 0.425 e. The van der Waals surface area contributed by atoms with Gasteiger partial charge in [0.2, 0.25) is 0 Å². The summed E-state index contributed by atoms with van der Waals surface area (Å²) in [6.07, 6.45) is -2.39. The quantitative estimate of drug-likeness (QED) is 0.189. The maximum atomic E-state index is 14.6. The van der Waals surface area contributed by atoms with Crippen molar-refractivity contribution < 1.29 is 51.9 Å². The number of aryl methyl sites for hydroxylation is 1. The van der Waals surface area contributed by atoms with Crippen LogP contribution >= 0.6 is 12.1 Å². The van der Waals surface area contributed by atoms with Crippen molar-refractivity contribution in [1.82, 2.24) is 30.3 Å². The SMILES string of the molecule is CC[C@H]1OC(=O)[C@H](C)C(=O)[C@H](C)[C@@H](O[C@@H]2OC(C)CC(N(C)C)C2O)[C@](C)(OC)C[C@@H](C)C(=O)[C@H](C)[C@H]2N(NCCCn3nc4ccccc4n3)C(=O)O[C@]12C.CSF. The van der Waals surface area contributed by atoms with Gasteiger partial charge in [0, 0.05) is 55.9 Å². The molecule has 3 unspecified atom stereocenters. The molecule has 59 heavy (non-hydrogen) atoms. The lowest BCUT2D eigenvalue weighted by Gasteiger charge is -2.47. The number of methoxy groups -OCH3 is 1. The van der Waals surface area contributed by atoms with E-state index in [1.807, 2.05) is 50.2 Å². The highest BCUT2D eigenvalue weighted by atomic mass is 32.2. The normalized spacial score (nSPS) is 36.1. The second-order valence-corrected chi connectivity index (χ2v) is 17.1. The molecule has 0 bridgehead atoms. The first kappa shape index (κ1) is 48.4. The number of Topliss-reactive ketones (excluding diaryl/α,β-unsaturated/α-hetero) is 2. The largest absolute Gasteiger partial charge is 0.458 e. The molecule has 3 aliphatic heterocycles. The van der Waals surface area contributed by atoms with Crippen molar-refractivity contribution in [2.24, 2.45) is 23.7 Å². The molecule has 1 aromatic carbocycles. The number of hydrogen-bond acceptors (Lipinski definition) is 15. The van der Waals surface area contributed by atoms with Crippen LogP contribution < -0.4 is 5.43 Å². The molecular formula is C41H65FN6O10S. The van der Waals surface area contributed by atoms with Crippen LogP contribution in [0.3, 0.4) is 0 Å². The number of ketones is 2. The summed E-state index contributed by atoms with van der Waals surface area (Å²) in [7, 11) is 5.22. The highest BCUT2D eigenvalue weighted by Gasteiger charge is 2.61. The van der Waals surface area contributed by atoms with Crippen molar-refractivity contribution >= 4 is 46.8 Å². The minimum absolute atomic E-state index is 0.108. The summed E-state index contributed by atoms with van der Waals surface area (Å²) in [5, 5.41) is 21.8. The molecule has 5 rings (SSSR count). The van der Waals surface area contributed by atoms with Crippen LogP contribution in [-0.2, 0) is 44.6 Å². The predicted octanol–water partition coefficient (Wildman–Crippen LogP) is 4.76. The van der Waals surface area contributed by atoms with Crippen molar-refractivity contribution in [2.45, 2.75) is 142 Å². The molecule has 2 N–H and O–H groups in total. The van der Waals surface area contributed by atoms with Gasteiger partial charge in [-0.3, -0.25) is 14.4 Å². The molecular weight excluding hydrogens is 788 g/mol. The molecule has 332 valence electrons. The zero-order valence-corrected chi connectivity index (χ0v) is 37.4. The fraction of sp³-hybridized carbons (Fsp3) is 0.756. The molecule has 1 aromatic heterocycles. The average Bonchev–Trinajstić information content (AvgIpc) is 3.73. The number of hydrogen-bond donors (Lipinski definition) is 2. The van der Waals surface area contributed by atoms with E-state index in [1.165, 1.54) is 25.3 Å². The topological polar surface area (TPSA) is 184 Å². The lowest BCUT2D eigenvalue weighted by Crippen LogP contribution is -2.61. The summed E-state index contributed by atoms with van der Waals surface area (Å²) in [6.45, 7) is 14.6. The van der Waals surface area contributed by atoms with Crippen LogP contribution in [0.2, 0.25) is 0 Å². The third-order valence-electron chi connectivity index (χ3n) is 12.2. The van der Waals surface area contributed by atoms with E-state index in [0.717, 1.165) is 11.0 Å². The standard InChI is InChI=1S/C40H62N6O10.CH3FS/c1-12-30-40(8)34(46(38(51)56-40)41-18-15-19-45-42-27-16-13-14-17-28(27)43-45)24(4)31(47)22(2)21-39(7,52-11)35(25(5)32(48)26(6)36(50)54-30)55-37-33(49)29(44(9)10)20-23(3)53-37;1-3-2/h13-14,16-17,22-26,29-30,33-35,37,41,49H,12,15,18-21H2,1-11H3;1H3/t22-,23?,24+,25+,26-,29?,30-,33?,34-,35-,37+,39-,40-;/m1./s1. The van der Waals surface area contributed by atoms with Gasteiger partial charge in [-0.05, 0) is 79.6 Å². The minimum atomic E-state index is -1.46. The van der Waals surface area contributed by atoms with E-state index >= 15 is 0 Å². The zero-order valence-electron chi connectivity index (χ0n) is 36.5. The summed E-state index contributed by atoms with van der Waals surface area (Å²) in [5.41, 5.74) is 2.00. The molecule has 16 nitrogen and oxygen atoms in total. The molecule has 18 heteroatoms. The molecule has 0 aliphatic carbocycles. The summed E-state index contributed by atoms with van der Waals surface area (Å²) in [5.74, 6) is -5.15. The van der Waals surface area contributed by atoms with Crippen molar-refractivity contribution in [3.8, 4) is 0 Å². The lowest BCUT2D eigenvalue weighted by atomic mass is 9.73. The van der Waals surface area contributed by atoms with Crippen molar-refractivity contribution in [1.29, 1.82) is 0 Å². The Morgan fingerprint density at radius 1 is 1.03 bits per heavy atom. The van der Waals surface area contributed by atoms with E-state index in [4.69, 9.17) is 23.7 Å². The van der Waals surface area contributed by atoms with Crippen molar-refractivity contribution in [3.63, 3.8) is 0 Å². The average molecular weight is 853 g/mol. The second-order valence-electron chi connectivity index (χ2n) is 16.8. The number of benzene rings is 1. The third kappa shape index (κ3) is 10.6. The summed E-state index contributed by atoms with van der Waals surface area (Å²) < 4.78 is 41.2. The van der Waals surface area contributed by atoms with Crippen molar-refractivity contribution in [3.05, 3.63) is 24.3 Å². The lowest BCUT2D eigenvalue weighted by molar-refractivity contribution is -0.295. The van der Waals surface area contributed by atoms with E-state index in [9.17, 15) is 28.2 Å². The molecule has 4 heterocycles. The number of cyclic esters (lactones) is 1. The molecule has 2 aromatic rings. The number of fused-ring (bicyclic) bond motifs is 2. The molecule has 3 saturated heterocycles. The number of esters is 1. The Kier molecular flexibility index (Phi) is 16.8. The monoisotopic (exact) mass is 852 g/mol. The first-order valence-electron chi connectivity index (χ1n) is 20.5. The van der Waals surface area contributed by atoms with E-state index in [2.05, 4.69) is 15.6 Å². The fourth-order valence-corrected chi connectivity index (χ4v) is 8.96. The predicted molar refractivity (Wildman–Crippen MR) is 219 cm³/mol. The van der Waals surface area contributed by atoms with E-state index in [1.54, 1.807) is 46.3 Å². The number of carbonyl (C=O) groups is 4. The molecule has 1 amide bonds. The van der Waals surface area contributed by atoms with Gasteiger partial charge in [0.25, 0.3) is 0 Å². The van der Waals surface area contributed by atoms with Crippen LogP contribution in [0.1, 0.15) is 81.1 Å². The Morgan fingerprint density at radius 3 is 2.20 bits per heavy atom. The van der Waals surface area contributed by atoms with Gasteiger partial charge < -0.3 is 33.7 Å². The molecule has 3 fully saturated rings. The van der Waals surface area contributed by atoms with Crippen LogP contribution in [0, 0.1) is 23.7 Å². The first-order valence-corrected chi connectivity index (χ1v) is 21.6. The number of rotatable bonds is 10. The number of carbonyl (C=O) groups excluding carboxylic acids is 4. The van der Waals surface area contributed by atoms with Gasteiger partial charge >= 0.3 is 12.1 Å². The van der Waals surface area contributed by atoms with Crippen molar-refractivity contribution in [2.75, 3.05) is 34.0 Å². The van der Waals surface area contributed by atoms with E-state index < -0.39 is 83.4 Å². The minimum Gasteiger partial charge on any atom is -0.458 e. The van der Waals surface area contributed by atoms with Gasteiger partial charge in [-0.1, -0.05) is 39.8 Å². The number of aromatic nitrogens is 3. The number of aliphatic hydroxyl groups excluding tert-OH is 1. The number of nitrogens with one attached hydrogen (secondary N) is 1. The number of hydrazine groups is 1. The number of amides is 1. The molecule has 0 spiro atoms. The van der Waals surface area contributed by atoms with E-state index in [0.29, 0.717) is 25.9 Å². The maximum absolute atomic E-state index is 14.6. The highest BCUT2D eigenvalue weighted by molar-refractivity contribution is 7.93. The second kappa shape index (κ2) is 20.5. The van der Waals surface area contributed by atoms with E-state index in [-0.39, 0.29) is 42.9 Å². The van der Waals surface area contributed by atoms with Gasteiger partial charge in [-0.2, -0.15) is 18.9 Å². The van der Waals surface area contributed by atoms with Crippen LogP contribution in [-0.4, -0.2) is 142 Å². The Hall–Kier alpha value is -3.26. The fourth-order valence-electron chi connectivity index (χ4n) is 8.96. The zero-order chi connectivity index (χ0) is 44.0. The number of aliphatic hydroxyl groups is 1. The molecule has 0 radical (unpaired) electrons. The van der Waals surface area contributed by atoms with Gasteiger partial charge in [0.1, 0.15) is 41.0 Å². The van der Waals surface area contributed by atoms with Crippen LogP contribution in [0.5, 0.6) is 0 Å². The van der Waals surface area contributed by atoms with Crippen LogP contribution in [0.15, 0.2) is 24.3 Å². The number of ether oxygens (including phenoxy) is 5. The Bertz CT molecular complexity index is 1720. The van der Waals surface area contributed by atoms with Gasteiger partial charge in [-0.25, -0.2) is 15.2 Å². The Morgan fingerprint density at radius 2 is 1.64 bits per heavy atom. The Labute approximate surface area is 351 Å². The molecule has 0 saturated carbocycles. The Balaban J connectivity index is 0.00000248. The number of halogens is 1. The first-order chi connectivity index (χ1) is 27.8. The van der Waals surface area contributed by atoms with Gasteiger partial charge in [0.05, 0.1) is 24.4 Å². The van der Waals surface area contributed by atoms with Gasteiger partial charge in [-0.15, -0.1) is 0 Å². The molecule has 3 aliphatic rings. The summed E-state index contributed by atoms with van der Waals surface area (Å²) >= 11 is 0.250.